The van der Waals surface area contributed by atoms with E-state index < -0.39 is 24.3 Å². The zero-order valence-corrected chi connectivity index (χ0v) is 15.7. The number of hydrogen-bond donors (Lipinski definition) is 1. The number of nitrogens with one attached hydrogen (secondary N) is 1. The van der Waals surface area contributed by atoms with E-state index in [-0.39, 0.29) is 5.57 Å². The first-order valence-electron chi connectivity index (χ1n) is 8.92. The van der Waals surface area contributed by atoms with Crippen LogP contribution in [0.2, 0.25) is 0 Å². The van der Waals surface area contributed by atoms with Gasteiger partial charge in [0.25, 0.3) is 5.91 Å². The van der Waals surface area contributed by atoms with Crippen LogP contribution in [-0.4, -0.2) is 23.1 Å². The maximum Gasteiger partial charge on any atom is 0.349 e. The van der Waals surface area contributed by atoms with Crippen molar-refractivity contribution in [2.75, 3.05) is 11.9 Å². The lowest BCUT2D eigenvalue weighted by atomic mass is 10.1. The minimum absolute atomic E-state index is 0.175. The van der Waals surface area contributed by atoms with Gasteiger partial charge in [-0.3, -0.25) is 4.79 Å². The van der Waals surface area contributed by atoms with Gasteiger partial charge in [0.05, 0.1) is 0 Å². The second-order valence-corrected chi connectivity index (χ2v) is 6.73. The Morgan fingerprint density at radius 2 is 2.00 bits per heavy atom. The van der Waals surface area contributed by atoms with Crippen LogP contribution in [0.4, 0.5) is 10.1 Å². The summed E-state index contributed by atoms with van der Waals surface area (Å²) in [5, 5.41) is 11.8. The molecule has 2 aromatic rings. The fourth-order valence-corrected chi connectivity index (χ4v) is 3.07. The number of nitrogens with zero attached hydrogens (tertiary/aromatic N) is 2. The molecule has 0 radical (unpaired) electrons. The highest BCUT2D eigenvalue weighted by atomic mass is 19.1. The first kappa shape index (κ1) is 19.4. The van der Waals surface area contributed by atoms with Crippen LogP contribution in [0, 0.1) is 31.0 Å². The Labute approximate surface area is 162 Å². The Balaban J connectivity index is 1.63. The predicted octanol–water partition coefficient (Wildman–Crippen LogP) is 3.67. The third-order valence-corrected chi connectivity index (χ3v) is 4.54. The summed E-state index contributed by atoms with van der Waals surface area (Å²) in [6.45, 7) is 3.40. The number of aromatic nitrogens is 1. The summed E-state index contributed by atoms with van der Waals surface area (Å²) in [5.41, 5.74) is 3.07. The Bertz CT molecular complexity index is 980. The van der Waals surface area contributed by atoms with Gasteiger partial charge in [-0.05, 0) is 68.7 Å². The van der Waals surface area contributed by atoms with Gasteiger partial charge in [0.15, 0.2) is 6.61 Å². The first-order valence-corrected chi connectivity index (χ1v) is 8.92. The number of carbonyl (C=O) groups excluding carboxylic acids is 2. The lowest BCUT2D eigenvalue weighted by Gasteiger charge is -2.07. The van der Waals surface area contributed by atoms with Crippen LogP contribution < -0.4 is 5.32 Å². The van der Waals surface area contributed by atoms with Crippen molar-refractivity contribution in [3.8, 4) is 6.07 Å². The number of esters is 1. The van der Waals surface area contributed by atoms with Crippen LogP contribution in [0.15, 0.2) is 35.9 Å². The molecule has 6 nitrogen and oxygen atoms in total. The highest BCUT2D eigenvalue weighted by Gasteiger charge is 2.27. The third-order valence-electron chi connectivity index (χ3n) is 4.54. The van der Waals surface area contributed by atoms with Crippen LogP contribution in [0.25, 0.3) is 6.08 Å². The standard InChI is InChI=1S/C21H20FN3O3/c1-13-9-15(14(2)25(13)19-7-8-19)10-16(11-23)21(27)28-12-20(26)24-18-5-3-17(22)4-6-18/h3-6,9-10,19H,7-8,12H2,1-2H3,(H,24,26)/b16-10+. The number of nitriles is 1. The maximum absolute atomic E-state index is 12.9. The summed E-state index contributed by atoms with van der Waals surface area (Å²) < 4.78 is 20.0. The zero-order valence-electron chi connectivity index (χ0n) is 15.7. The summed E-state index contributed by atoms with van der Waals surface area (Å²) >= 11 is 0. The van der Waals surface area contributed by atoms with Crippen LogP contribution in [0.1, 0.15) is 35.8 Å². The molecule has 1 N–H and O–H groups in total. The number of halogens is 1. The number of anilines is 1. The molecule has 144 valence electrons. The van der Waals surface area contributed by atoms with E-state index in [0.29, 0.717) is 11.7 Å². The molecule has 1 amide bonds. The van der Waals surface area contributed by atoms with E-state index in [1.165, 1.54) is 30.3 Å². The molecular formula is C21H20FN3O3. The minimum Gasteiger partial charge on any atom is -0.451 e. The number of ether oxygens (including phenoxy) is 1. The minimum atomic E-state index is -0.868. The molecule has 1 fully saturated rings. The molecule has 3 rings (SSSR count). The van der Waals surface area contributed by atoms with Crippen LogP contribution >= 0.6 is 0 Å². The average Bonchev–Trinajstić information content (AvgIpc) is 3.45. The van der Waals surface area contributed by atoms with E-state index in [9.17, 15) is 19.2 Å². The summed E-state index contributed by atoms with van der Waals surface area (Å²) in [7, 11) is 0. The monoisotopic (exact) mass is 381 g/mol. The van der Waals surface area contributed by atoms with Crippen molar-refractivity contribution in [2.45, 2.75) is 32.7 Å². The van der Waals surface area contributed by atoms with Gasteiger partial charge in [0.1, 0.15) is 17.5 Å². The van der Waals surface area contributed by atoms with E-state index >= 15 is 0 Å². The molecule has 0 spiro atoms. The predicted molar refractivity (Wildman–Crippen MR) is 102 cm³/mol. The van der Waals surface area contributed by atoms with Crippen molar-refractivity contribution >= 4 is 23.6 Å². The highest BCUT2D eigenvalue weighted by Crippen LogP contribution is 2.38. The Kier molecular flexibility index (Phi) is 5.59. The topological polar surface area (TPSA) is 84.1 Å². The molecule has 0 aliphatic heterocycles. The lowest BCUT2D eigenvalue weighted by Crippen LogP contribution is -2.21. The number of aryl methyl sites for hydroxylation is 1. The molecule has 0 atom stereocenters. The molecule has 28 heavy (non-hydrogen) atoms. The fraction of sp³-hybridized carbons (Fsp3) is 0.286. The third kappa shape index (κ3) is 4.46. The highest BCUT2D eigenvalue weighted by molar-refractivity contribution is 6.00. The van der Waals surface area contributed by atoms with Gasteiger partial charge >= 0.3 is 5.97 Å². The Morgan fingerprint density at radius 1 is 1.32 bits per heavy atom. The van der Waals surface area contributed by atoms with E-state index in [1.54, 1.807) is 0 Å². The molecular weight excluding hydrogens is 361 g/mol. The molecule has 0 saturated heterocycles. The largest absolute Gasteiger partial charge is 0.451 e. The number of rotatable bonds is 6. The SMILES string of the molecule is Cc1cc(/C=C(\C#N)C(=O)OCC(=O)Nc2ccc(F)cc2)c(C)n1C1CC1. The van der Waals surface area contributed by atoms with Gasteiger partial charge in [0, 0.05) is 23.1 Å². The normalized spacial score (nSPS) is 13.7. The molecule has 1 aliphatic carbocycles. The molecule has 1 aliphatic rings. The van der Waals surface area contributed by atoms with Gasteiger partial charge in [0.2, 0.25) is 0 Å². The van der Waals surface area contributed by atoms with E-state index in [4.69, 9.17) is 4.74 Å². The van der Waals surface area contributed by atoms with E-state index in [1.807, 2.05) is 26.0 Å². The van der Waals surface area contributed by atoms with Crippen molar-refractivity contribution in [3.05, 3.63) is 58.7 Å². The van der Waals surface area contributed by atoms with Crippen LogP contribution in [-0.2, 0) is 14.3 Å². The molecule has 7 heteroatoms. The van der Waals surface area contributed by atoms with Crippen LogP contribution in [0.3, 0.4) is 0 Å². The van der Waals surface area contributed by atoms with Crippen molar-refractivity contribution in [2.24, 2.45) is 0 Å². The number of benzene rings is 1. The van der Waals surface area contributed by atoms with E-state index in [0.717, 1.165) is 29.8 Å². The maximum atomic E-state index is 12.9. The number of amides is 1. The number of carbonyl (C=O) groups is 2. The summed E-state index contributed by atoms with van der Waals surface area (Å²) in [6.07, 6.45) is 3.76. The number of hydrogen-bond acceptors (Lipinski definition) is 4. The van der Waals surface area contributed by atoms with Crippen molar-refractivity contribution in [3.63, 3.8) is 0 Å². The van der Waals surface area contributed by atoms with Crippen molar-refractivity contribution in [1.82, 2.24) is 4.57 Å². The Morgan fingerprint density at radius 3 is 2.61 bits per heavy atom. The first-order chi connectivity index (χ1) is 13.4. The van der Waals surface area contributed by atoms with E-state index in [2.05, 4.69) is 9.88 Å². The van der Waals surface area contributed by atoms with Gasteiger partial charge < -0.3 is 14.6 Å². The molecule has 1 aromatic carbocycles. The lowest BCUT2D eigenvalue weighted by molar-refractivity contribution is -0.142. The molecule has 1 saturated carbocycles. The molecule has 1 aromatic heterocycles. The van der Waals surface area contributed by atoms with Gasteiger partial charge in [-0.15, -0.1) is 0 Å². The second-order valence-electron chi connectivity index (χ2n) is 6.73. The Hall–Kier alpha value is -3.40. The van der Waals surface area contributed by atoms with Gasteiger partial charge in [-0.1, -0.05) is 0 Å². The van der Waals surface area contributed by atoms with Crippen molar-refractivity contribution in [1.29, 1.82) is 5.26 Å². The smallest absolute Gasteiger partial charge is 0.349 e. The second kappa shape index (κ2) is 8.09. The molecule has 0 unspecified atom stereocenters. The van der Waals surface area contributed by atoms with Crippen molar-refractivity contribution < 1.29 is 18.7 Å². The summed E-state index contributed by atoms with van der Waals surface area (Å²) in [6, 6.07) is 9.46. The quantitative estimate of drug-likeness (QED) is 0.470. The zero-order chi connectivity index (χ0) is 20.3. The summed E-state index contributed by atoms with van der Waals surface area (Å²) in [4.78, 5) is 24.0. The summed E-state index contributed by atoms with van der Waals surface area (Å²) in [5.74, 6) is -1.87. The van der Waals surface area contributed by atoms with Crippen LogP contribution in [0.5, 0.6) is 0 Å². The molecule has 1 heterocycles. The average molecular weight is 381 g/mol. The molecule has 0 bridgehead atoms. The van der Waals surface area contributed by atoms with Gasteiger partial charge in [-0.2, -0.15) is 5.26 Å². The fourth-order valence-electron chi connectivity index (χ4n) is 3.07. The van der Waals surface area contributed by atoms with Gasteiger partial charge in [-0.25, -0.2) is 9.18 Å².